The number of aliphatic hydroxyl groups is 1. The number of nitrogens with zero attached hydrogens (tertiary/aromatic N) is 1. The first kappa shape index (κ1) is 16.3. The van der Waals surface area contributed by atoms with Crippen LogP contribution in [-0.2, 0) is 0 Å². The van der Waals surface area contributed by atoms with Crippen LogP contribution in [-0.4, -0.2) is 35.7 Å². The Kier molecular flexibility index (Phi) is 6.08. The van der Waals surface area contributed by atoms with Gasteiger partial charge in [0.2, 0.25) is 0 Å². The standard InChI is InChI=1S/C16H24F2N2O/c17-13-9-12(10-14(18)11-13)16(19)5-7-20(6-2-8-21)15-3-1-4-15/h9-11,15-16,21H,1-8,19H2. The molecule has 1 aromatic carbocycles. The first-order valence-corrected chi connectivity index (χ1v) is 7.66. The molecule has 1 aliphatic carbocycles. The molecule has 1 aromatic rings. The molecule has 1 fully saturated rings. The van der Waals surface area contributed by atoms with Crippen molar-refractivity contribution in [1.82, 2.24) is 4.90 Å². The lowest BCUT2D eigenvalue weighted by atomic mass is 9.91. The molecule has 0 spiro atoms. The maximum Gasteiger partial charge on any atom is 0.126 e. The van der Waals surface area contributed by atoms with Crippen LogP contribution in [0.4, 0.5) is 8.78 Å². The monoisotopic (exact) mass is 298 g/mol. The van der Waals surface area contributed by atoms with Crippen LogP contribution in [0.25, 0.3) is 0 Å². The van der Waals surface area contributed by atoms with Gasteiger partial charge in [-0.25, -0.2) is 8.78 Å². The fourth-order valence-corrected chi connectivity index (χ4v) is 2.76. The molecule has 3 N–H and O–H groups in total. The second kappa shape index (κ2) is 7.82. The Morgan fingerprint density at radius 3 is 2.38 bits per heavy atom. The number of halogens is 2. The second-order valence-corrected chi connectivity index (χ2v) is 5.80. The van der Waals surface area contributed by atoms with E-state index in [1.807, 2.05) is 0 Å². The number of hydrogen-bond donors (Lipinski definition) is 2. The van der Waals surface area contributed by atoms with Crippen molar-refractivity contribution >= 4 is 0 Å². The van der Waals surface area contributed by atoms with Crippen LogP contribution in [0, 0.1) is 11.6 Å². The van der Waals surface area contributed by atoms with E-state index in [4.69, 9.17) is 10.8 Å². The van der Waals surface area contributed by atoms with Crippen molar-refractivity contribution in [1.29, 1.82) is 0 Å². The Hall–Kier alpha value is -1.04. The predicted molar refractivity (Wildman–Crippen MR) is 78.8 cm³/mol. The van der Waals surface area contributed by atoms with E-state index in [0.29, 0.717) is 18.0 Å². The van der Waals surface area contributed by atoms with Gasteiger partial charge >= 0.3 is 0 Å². The van der Waals surface area contributed by atoms with Gasteiger partial charge in [-0.3, -0.25) is 0 Å². The number of hydrogen-bond acceptors (Lipinski definition) is 3. The minimum Gasteiger partial charge on any atom is -0.396 e. The van der Waals surface area contributed by atoms with Crippen molar-refractivity contribution in [2.24, 2.45) is 5.73 Å². The summed E-state index contributed by atoms with van der Waals surface area (Å²) in [5.41, 5.74) is 6.56. The van der Waals surface area contributed by atoms with E-state index in [1.54, 1.807) is 0 Å². The number of aliphatic hydroxyl groups excluding tert-OH is 1. The molecule has 0 aromatic heterocycles. The summed E-state index contributed by atoms with van der Waals surface area (Å²) >= 11 is 0. The highest BCUT2D eigenvalue weighted by molar-refractivity contribution is 5.21. The molecule has 0 radical (unpaired) electrons. The maximum absolute atomic E-state index is 13.2. The molecule has 5 heteroatoms. The van der Waals surface area contributed by atoms with E-state index in [9.17, 15) is 8.78 Å². The third kappa shape index (κ3) is 4.73. The van der Waals surface area contributed by atoms with E-state index in [0.717, 1.165) is 25.6 Å². The molecule has 0 aliphatic heterocycles. The second-order valence-electron chi connectivity index (χ2n) is 5.80. The summed E-state index contributed by atoms with van der Waals surface area (Å²) in [4.78, 5) is 2.34. The third-order valence-corrected chi connectivity index (χ3v) is 4.23. The number of benzene rings is 1. The Balaban J connectivity index is 1.89. The van der Waals surface area contributed by atoms with E-state index >= 15 is 0 Å². The summed E-state index contributed by atoms with van der Waals surface area (Å²) in [6, 6.07) is 3.67. The van der Waals surface area contributed by atoms with Crippen LogP contribution in [0.3, 0.4) is 0 Å². The summed E-state index contributed by atoms with van der Waals surface area (Å²) in [6.45, 7) is 1.83. The molecular weight excluding hydrogens is 274 g/mol. The van der Waals surface area contributed by atoms with Gasteiger partial charge < -0.3 is 15.7 Å². The highest BCUT2D eigenvalue weighted by atomic mass is 19.1. The fourth-order valence-electron chi connectivity index (χ4n) is 2.76. The Morgan fingerprint density at radius 2 is 1.86 bits per heavy atom. The number of rotatable bonds is 8. The van der Waals surface area contributed by atoms with Gasteiger partial charge in [0.05, 0.1) is 0 Å². The summed E-state index contributed by atoms with van der Waals surface area (Å²) in [6.07, 6.45) is 5.04. The molecule has 1 aliphatic rings. The van der Waals surface area contributed by atoms with Crippen LogP contribution >= 0.6 is 0 Å². The highest BCUT2D eigenvalue weighted by Gasteiger charge is 2.24. The molecule has 0 saturated heterocycles. The molecule has 0 amide bonds. The van der Waals surface area contributed by atoms with E-state index in [-0.39, 0.29) is 12.6 Å². The van der Waals surface area contributed by atoms with Crippen molar-refractivity contribution in [3.05, 3.63) is 35.4 Å². The van der Waals surface area contributed by atoms with Gasteiger partial charge in [0.25, 0.3) is 0 Å². The summed E-state index contributed by atoms with van der Waals surface area (Å²) in [5.74, 6) is -1.17. The lowest BCUT2D eigenvalue weighted by Gasteiger charge is -2.38. The molecule has 21 heavy (non-hydrogen) atoms. The fraction of sp³-hybridized carbons (Fsp3) is 0.625. The molecule has 1 atom stereocenters. The van der Waals surface area contributed by atoms with Crippen LogP contribution in [0.15, 0.2) is 18.2 Å². The smallest absolute Gasteiger partial charge is 0.126 e. The zero-order valence-electron chi connectivity index (χ0n) is 12.3. The van der Waals surface area contributed by atoms with Crippen molar-refractivity contribution in [3.8, 4) is 0 Å². The van der Waals surface area contributed by atoms with Gasteiger partial charge in [-0.1, -0.05) is 6.42 Å². The minimum atomic E-state index is -0.587. The van der Waals surface area contributed by atoms with Crippen molar-refractivity contribution in [2.75, 3.05) is 19.7 Å². The lowest BCUT2D eigenvalue weighted by molar-refractivity contribution is 0.113. The summed E-state index contributed by atoms with van der Waals surface area (Å²) in [5, 5.41) is 8.97. The van der Waals surface area contributed by atoms with E-state index in [2.05, 4.69) is 4.90 Å². The zero-order valence-corrected chi connectivity index (χ0v) is 12.3. The average Bonchev–Trinajstić information content (AvgIpc) is 2.38. The van der Waals surface area contributed by atoms with Crippen molar-refractivity contribution < 1.29 is 13.9 Å². The highest BCUT2D eigenvalue weighted by Crippen LogP contribution is 2.26. The van der Waals surface area contributed by atoms with Gasteiger partial charge in [-0.05, 0) is 43.4 Å². The molecule has 1 saturated carbocycles. The van der Waals surface area contributed by atoms with Crippen LogP contribution in [0.2, 0.25) is 0 Å². The minimum absolute atomic E-state index is 0.185. The summed E-state index contributed by atoms with van der Waals surface area (Å²) in [7, 11) is 0. The van der Waals surface area contributed by atoms with Crippen LogP contribution < -0.4 is 5.73 Å². The van der Waals surface area contributed by atoms with Gasteiger partial charge in [0.15, 0.2) is 0 Å². The zero-order chi connectivity index (χ0) is 15.2. The van der Waals surface area contributed by atoms with Crippen LogP contribution in [0.5, 0.6) is 0 Å². The van der Waals surface area contributed by atoms with Crippen molar-refractivity contribution in [3.63, 3.8) is 0 Å². The quantitative estimate of drug-likeness (QED) is 0.775. The molecule has 2 rings (SSSR count). The van der Waals surface area contributed by atoms with Gasteiger partial charge in [0, 0.05) is 37.8 Å². The molecule has 0 heterocycles. The molecular formula is C16H24F2N2O. The first-order valence-electron chi connectivity index (χ1n) is 7.66. The van der Waals surface area contributed by atoms with Gasteiger partial charge in [-0.15, -0.1) is 0 Å². The predicted octanol–water partition coefficient (Wildman–Crippen LogP) is 2.59. The van der Waals surface area contributed by atoms with Crippen LogP contribution in [0.1, 0.15) is 43.7 Å². The normalized spacial score (nSPS) is 17.0. The van der Waals surface area contributed by atoms with E-state index in [1.165, 1.54) is 31.4 Å². The largest absolute Gasteiger partial charge is 0.396 e. The number of nitrogens with two attached hydrogens (primary N) is 1. The molecule has 0 bridgehead atoms. The van der Waals surface area contributed by atoms with Crippen molar-refractivity contribution in [2.45, 2.75) is 44.2 Å². The Bertz CT molecular complexity index is 432. The molecule has 3 nitrogen and oxygen atoms in total. The van der Waals surface area contributed by atoms with E-state index < -0.39 is 11.6 Å². The Labute approximate surface area is 124 Å². The first-order chi connectivity index (χ1) is 10.1. The SMILES string of the molecule is NC(CCN(CCCO)C1CCC1)c1cc(F)cc(F)c1. The molecule has 1 unspecified atom stereocenters. The van der Waals surface area contributed by atoms with Gasteiger partial charge in [-0.2, -0.15) is 0 Å². The summed E-state index contributed by atoms with van der Waals surface area (Å²) < 4.78 is 26.4. The maximum atomic E-state index is 13.2. The topological polar surface area (TPSA) is 49.5 Å². The average molecular weight is 298 g/mol. The Morgan fingerprint density at radius 1 is 1.19 bits per heavy atom. The molecule has 118 valence electrons. The van der Waals surface area contributed by atoms with Gasteiger partial charge in [0.1, 0.15) is 11.6 Å². The third-order valence-electron chi connectivity index (χ3n) is 4.23. The lowest BCUT2D eigenvalue weighted by Crippen LogP contribution is -2.42.